The van der Waals surface area contributed by atoms with Gasteiger partial charge in [0.05, 0.1) is 6.54 Å². The lowest BCUT2D eigenvalue weighted by molar-refractivity contribution is -0.126. The van der Waals surface area contributed by atoms with Crippen molar-refractivity contribution in [3.05, 3.63) is 36.2 Å². The van der Waals surface area contributed by atoms with Gasteiger partial charge in [0, 0.05) is 24.6 Å². The van der Waals surface area contributed by atoms with Gasteiger partial charge in [0.25, 0.3) is 0 Å². The summed E-state index contributed by atoms with van der Waals surface area (Å²) < 4.78 is 5.42. The van der Waals surface area contributed by atoms with E-state index in [4.69, 9.17) is 4.52 Å². The summed E-state index contributed by atoms with van der Waals surface area (Å²) in [5.74, 6) is 1.60. The molecule has 2 fully saturated rings. The molecule has 0 bridgehead atoms. The first-order valence-electron chi connectivity index (χ1n) is 10.9. The number of likely N-dealkylation sites (tertiary alicyclic amines) is 2. The fourth-order valence-electron chi connectivity index (χ4n) is 4.23. The highest BCUT2D eigenvalue weighted by Crippen LogP contribution is 2.20. The summed E-state index contributed by atoms with van der Waals surface area (Å²) in [6, 6.07) is 9.86. The number of rotatable bonds is 7. The Bertz CT molecular complexity index is 765. The average molecular weight is 398 g/mol. The van der Waals surface area contributed by atoms with E-state index in [0.29, 0.717) is 18.3 Å². The number of carbonyl (C=O) groups is 1. The Morgan fingerprint density at radius 2 is 1.79 bits per heavy atom. The van der Waals surface area contributed by atoms with Gasteiger partial charge in [0.2, 0.25) is 17.6 Å². The van der Waals surface area contributed by atoms with Crippen molar-refractivity contribution in [3.8, 4) is 11.4 Å². The molecule has 2 aliphatic rings. The van der Waals surface area contributed by atoms with Crippen molar-refractivity contribution in [2.24, 2.45) is 5.92 Å². The molecule has 156 valence electrons. The lowest BCUT2D eigenvalue weighted by Crippen LogP contribution is -2.43. The number of benzene rings is 1. The number of piperidine rings is 2. The fourth-order valence-corrected chi connectivity index (χ4v) is 4.23. The van der Waals surface area contributed by atoms with E-state index in [2.05, 4.69) is 25.3 Å². The number of nitrogens with zero attached hydrogens (tertiary/aromatic N) is 4. The monoisotopic (exact) mass is 397 g/mol. The Morgan fingerprint density at radius 1 is 1.03 bits per heavy atom. The Kier molecular flexibility index (Phi) is 6.90. The van der Waals surface area contributed by atoms with Crippen molar-refractivity contribution in [1.82, 2.24) is 25.3 Å². The van der Waals surface area contributed by atoms with Gasteiger partial charge < -0.3 is 14.7 Å². The molecule has 2 aliphatic heterocycles. The van der Waals surface area contributed by atoms with Crippen LogP contribution in [-0.4, -0.2) is 65.1 Å². The van der Waals surface area contributed by atoms with Crippen LogP contribution in [0.1, 0.15) is 38.0 Å². The normalized spacial score (nSPS) is 19.3. The van der Waals surface area contributed by atoms with Gasteiger partial charge in [-0.3, -0.25) is 9.69 Å². The molecule has 29 heavy (non-hydrogen) atoms. The second-order valence-electron chi connectivity index (χ2n) is 8.12. The first-order chi connectivity index (χ1) is 14.3. The maximum atomic E-state index is 12.5. The quantitative estimate of drug-likeness (QED) is 0.774. The molecule has 0 spiro atoms. The minimum Gasteiger partial charge on any atom is -0.355 e. The SMILES string of the molecule is O=C(NCCN1CCCCC1)C1CCN(Cc2nc(-c3ccccc3)no2)CC1. The number of hydrogen-bond donors (Lipinski definition) is 1. The number of aromatic nitrogens is 2. The molecule has 1 aromatic heterocycles. The third-order valence-corrected chi connectivity index (χ3v) is 5.99. The summed E-state index contributed by atoms with van der Waals surface area (Å²) in [4.78, 5) is 21.7. The summed E-state index contributed by atoms with van der Waals surface area (Å²) in [5.41, 5.74) is 0.961. The molecule has 1 amide bonds. The summed E-state index contributed by atoms with van der Waals surface area (Å²) in [6.45, 7) is 6.50. The molecule has 0 aliphatic carbocycles. The van der Waals surface area contributed by atoms with Crippen molar-refractivity contribution < 1.29 is 9.32 Å². The van der Waals surface area contributed by atoms with E-state index in [1.165, 1.54) is 32.4 Å². The molecule has 0 atom stereocenters. The molecule has 3 heterocycles. The molecule has 7 heteroatoms. The number of amides is 1. The lowest BCUT2D eigenvalue weighted by Gasteiger charge is -2.30. The van der Waals surface area contributed by atoms with Crippen LogP contribution in [0, 0.1) is 5.92 Å². The average Bonchev–Trinajstić information content (AvgIpc) is 3.24. The van der Waals surface area contributed by atoms with Gasteiger partial charge in [-0.2, -0.15) is 4.98 Å². The van der Waals surface area contributed by atoms with Crippen molar-refractivity contribution in [2.45, 2.75) is 38.6 Å². The smallest absolute Gasteiger partial charge is 0.241 e. The van der Waals surface area contributed by atoms with Crippen LogP contribution < -0.4 is 5.32 Å². The molecule has 1 N–H and O–H groups in total. The van der Waals surface area contributed by atoms with Crippen LogP contribution >= 0.6 is 0 Å². The molecule has 0 saturated carbocycles. The zero-order valence-corrected chi connectivity index (χ0v) is 17.1. The van der Waals surface area contributed by atoms with Gasteiger partial charge in [-0.05, 0) is 51.9 Å². The van der Waals surface area contributed by atoms with E-state index < -0.39 is 0 Å². The maximum Gasteiger partial charge on any atom is 0.241 e. The van der Waals surface area contributed by atoms with Crippen molar-refractivity contribution in [2.75, 3.05) is 39.3 Å². The van der Waals surface area contributed by atoms with Crippen molar-refractivity contribution in [3.63, 3.8) is 0 Å². The molecule has 2 saturated heterocycles. The predicted octanol–water partition coefficient (Wildman–Crippen LogP) is 2.55. The minimum atomic E-state index is 0.121. The van der Waals surface area contributed by atoms with Crippen LogP contribution in [0.15, 0.2) is 34.9 Å². The van der Waals surface area contributed by atoms with Gasteiger partial charge >= 0.3 is 0 Å². The molecular formula is C22H31N5O2. The Hall–Kier alpha value is -2.25. The minimum absolute atomic E-state index is 0.121. The molecule has 4 rings (SSSR count). The third kappa shape index (κ3) is 5.64. The molecule has 0 unspecified atom stereocenters. The van der Waals surface area contributed by atoms with Crippen LogP contribution in [0.2, 0.25) is 0 Å². The van der Waals surface area contributed by atoms with E-state index in [1.807, 2.05) is 30.3 Å². The Labute approximate surface area is 172 Å². The van der Waals surface area contributed by atoms with Crippen LogP contribution in [0.25, 0.3) is 11.4 Å². The molecule has 2 aromatic rings. The van der Waals surface area contributed by atoms with Gasteiger partial charge in [0.15, 0.2) is 0 Å². The first-order valence-corrected chi connectivity index (χ1v) is 10.9. The number of carbonyl (C=O) groups excluding carboxylic acids is 1. The predicted molar refractivity (Wildman–Crippen MR) is 111 cm³/mol. The van der Waals surface area contributed by atoms with E-state index >= 15 is 0 Å². The fraction of sp³-hybridized carbons (Fsp3) is 0.591. The summed E-state index contributed by atoms with van der Waals surface area (Å²) in [6.07, 6.45) is 5.70. The van der Waals surface area contributed by atoms with Gasteiger partial charge in [0.1, 0.15) is 0 Å². The van der Waals surface area contributed by atoms with Crippen molar-refractivity contribution >= 4 is 5.91 Å². The highest BCUT2D eigenvalue weighted by molar-refractivity contribution is 5.78. The number of nitrogens with one attached hydrogen (secondary N) is 1. The van der Waals surface area contributed by atoms with Gasteiger partial charge in [-0.15, -0.1) is 0 Å². The zero-order chi connectivity index (χ0) is 19.9. The van der Waals surface area contributed by atoms with Gasteiger partial charge in [-0.25, -0.2) is 0 Å². The molecular weight excluding hydrogens is 366 g/mol. The standard InChI is InChI=1S/C22H31N5O2/c28-22(23-11-16-26-12-5-2-6-13-26)19-9-14-27(15-10-19)17-20-24-21(25-29-20)18-7-3-1-4-8-18/h1,3-4,7-8,19H,2,5-6,9-17H2,(H,23,28). The molecule has 0 radical (unpaired) electrons. The highest BCUT2D eigenvalue weighted by Gasteiger charge is 2.26. The second kappa shape index (κ2) is 9.98. The Balaban J connectivity index is 1.17. The van der Waals surface area contributed by atoms with E-state index in [1.54, 1.807) is 0 Å². The largest absolute Gasteiger partial charge is 0.355 e. The third-order valence-electron chi connectivity index (χ3n) is 5.99. The Morgan fingerprint density at radius 3 is 2.55 bits per heavy atom. The van der Waals surface area contributed by atoms with Crippen LogP contribution in [0.5, 0.6) is 0 Å². The first kappa shape index (κ1) is 20.0. The second-order valence-corrected chi connectivity index (χ2v) is 8.12. The van der Waals surface area contributed by atoms with E-state index in [0.717, 1.165) is 44.6 Å². The maximum absolute atomic E-state index is 12.5. The zero-order valence-electron chi connectivity index (χ0n) is 17.1. The highest BCUT2D eigenvalue weighted by atomic mass is 16.5. The van der Waals surface area contributed by atoms with E-state index in [-0.39, 0.29) is 11.8 Å². The molecule has 1 aromatic carbocycles. The van der Waals surface area contributed by atoms with Crippen LogP contribution in [0.3, 0.4) is 0 Å². The van der Waals surface area contributed by atoms with Gasteiger partial charge in [-0.1, -0.05) is 41.9 Å². The van der Waals surface area contributed by atoms with Crippen LogP contribution in [-0.2, 0) is 11.3 Å². The lowest BCUT2D eigenvalue weighted by atomic mass is 9.96. The summed E-state index contributed by atoms with van der Waals surface area (Å²) in [5, 5.41) is 7.23. The molecule has 7 nitrogen and oxygen atoms in total. The van der Waals surface area contributed by atoms with Crippen molar-refractivity contribution in [1.29, 1.82) is 0 Å². The summed E-state index contributed by atoms with van der Waals surface area (Å²) in [7, 11) is 0. The van der Waals surface area contributed by atoms with E-state index in [9.17, 15) is 4.79 Å². The van der Waals surface area contributed by atoms with Crippen LogP contribution in [0.4, 0.5) is 0 Å². The topological polar surface area (TPSA) is 74.5 Å². The summed E-state index contributed by atoms with van der Waals surface area (Å²) >= 11 is 0. The number of hydrogen-bond acceptors (Lipinski definition) is 6.